The van der Waals surface area contributed by atoms with Crippen LogP contribution in [0.1, 0.15) is 68.5 Å². The van der Waals surface area contributed by atoms with E-state index in [0.717, 1.165) is 49.0 Å². The number of hydrogen-bond acceptors (Lipinski definition) is 7. The Morgan fingerprint density at radius 1 is 1.39 bits per heavy atom. The number of aromatic amines is 1. The third kappa shape index (κ3) is 4.34. The Morgan fingerprint density at radius 3 is 3.00 bits per heavy atom. The first kappa shape index (κ1) is 20.2. The van der Waals surface area contributed by atoms with Crippen molar-refractivity contribution in [2.45, 2.75) is 68.8 Å². The third-order valence-corrected chi connectivity index (χ3v) is 6.45. The van der Waals surface area contributed by atoms with Crippen LogP contribution in [0, 0.1) is 0 Å². The number of carbonyl (C=O) groups is 1. The minimum absolute atomic E-state index is 0.0384. The number of carbonyl (C=O) groups excluding carboxylic acids is 1. The average Bonchev–Trinajstić information content (AvgIpc) is 3.17. The number of amides is 1. The first-order valence-corrected chi connectivity index (χ1v) is 11.2. The molecule has 3 aromatic heterocycles. The second-order valence-corrected chi connectivity index (χ2v) is 9.68. The van der Waals surface area contributed by atoms with E-state index >= 15 is 0 Å². The maximum atomic E-state index is 12.1. The SMILES string of the molecule is CC(S)c1cc2c(Nc3cc([C@H]4CC[C@@H](OC(=O)NC5(C)CC5)C4)[nH]n3)nccn2n1. The molecule has 3 aromatic rings. The molecule has 2 aliphatic rings. The Balaban J connectivity index is 1.23. The number of fused-ring (bicyclic) bond motifs is 1. The van der Waals surface area contributed by atoms with Crippen LogP contribution in [0.2, 0.25) is 0 Å². The summed E-state index contributed by atoms with van der Waals surface area (Å²) in [6.07, 6.45) is 7.82. The normalized spacial score (nSPS) is 22.9. The number of nitrogens with zero attached hydrogens (tertiary/aromatic N) is 4. The van der Waals surface area contributed by atoms with Crippen LogP contribution in [0.4, 0.5) is 16.4 Å². The molecule has 3 heterocycles. The zero-order chi connectivity index (χ0) is 21.6. The minimum atomic E-state index is -0.299. The van der Waals surface area contributed by atoms with Crippen molar-refractivity contribution in [3.63, 3.8) is 0 Å². The Bertz CT molecular complexity index is 1100. The van der Waals surface area contributed by atoms with Crippen molar-refractivity contribution in [1.82, 2.24) is 30.1 Å². The molecule has 3 N–H and O–H groups in total. The number of aromatic nitrogens is 5. The quantitative estimate of drug-likeness (QED) is 0.429. The number of hydrogen-bond donors (Lipinski definition) is 4. The molecule has 2 fully saturated rings. The molecule has 0 aliphatic heterocycles. The Morgan fingerprint density at radius 2 is 2.23 bits per heavy atom. The largest absolute Gasteiger partial charge is 0.446 e. The number of thiol groups is 1. The van der Waals surface area contributed by atoms with Crippen LogP contribution in [0.15, 0.2) is 24.5 Å². The molecule has 0 saturated heterocycles. The van der Waals surface area contributed by atoms with Crippen molar-refractivity contribution in [2.24, 2.45) is 0 Å². The highest BCUT2D eigenvalue weighted by molar-refractivity contribution is 7.80. The molecule has 0 spiro atoms. The summed E-state index contributed by atoms with van der Waals surface area (Å²) >= 11 is 4.47. The summed E-state index contributed by atoms with van der Waals surface area (Å²) < 4.78 is 7.41. The summed E-state index contributed by atoms with van der Waals surface area (Å²) in [6.45, 7) is 4.03. The van der Waals surface area contributed by atoms with Gasteiger partial charge in [0.2, 0.25) is 0 Å². The molecule has 1 unspecified atom stereocenters. The summed E-state index contributed by atoms with van der Waals surface area (Å²) in [5, 5.41) is 18.3. The Kier molecular flexibility index (Phi) is 5.04. The zero-order valence-corrected chi connectivity index (χ0v) is 18.5. The van der Waals surface area contributed by atoms with Gasteiger partial charge in [-0.1, -0.05) is 0 Å². The average molecular weight is 442 g/mol. The van der Waals surface area contributed by atoms with Gasteiger partial charge in [-0.15, -0.1) is 0 Å². The number of H-pyrrole nitrogens is 1. The van der Waals surface area contributed by atoms with E-state index in [2.05, 4.69) is 43.5 Å². The van der Waals surface area contributed by atoms with Gasteiger partial charge >= 0.3 is 6.09 Å². The molecule has 31 heavy (non-hydrogen) atoms. The lowest BCUT2D eigenvalue weighted by atomic mass is 10.0. The fourth-order valence-electron chi connectivity index (χ4n) is 4.04. The molecule has 10 heteroatoms. The topological polar surface area (TPSA) is 109 Å². The van der Waals surface area contributed by atoms with Crippen LogP contribution in [0.25, 0.3) is 5.52 Å². The minimum Gasteiger partial charge on any atom is -0.446 e. The van der Waals surface area contributed by atoms with Crippen molar-refractivity contribution < 1.29 is 9.53 Å². The summed E-state index contributed by atoms with van der Waals surface area (Å²) in [6, 6.07) is 3.98. The van der Waals surface area contributed by atoms with E-state index in [0.29, 0.717) is 11.6 Å². The van der Waals surface area contributed by atoms with Crippen molar-refractivity contribution in [3.8, 4) is 0 Å². The highest BCUT2D eigenvalue weighted by Gasteiger charge is 2.40. The number of nitrogens with one attached hydrogen (secondary N) is 3. The Labute approximate surface area is 185 Å². The molecule has 9 nitrogen and oxygen atoms in total. The highest BCUT2D eigenvalue weighted by atomic mass is 32.1. The molecular formula is C21H27N7O2S. The van der Waals surface area contributed by atoms with Gasteiger partial charge in [-0.2, -0.15) is 22.8 Å². The predicted octanol–water partition coefficient (Wildman–Crippen LogP) is 4.10. The monoisotopic (exact) mass is 441 g/mol. The number of rotatable bonds is 6. The van der Waals surface area contributed by atoms with E-state index in [1.807, 2.05) is 32.2 Å². The van der Waals surface area contributed by atoms with Crippen LogP contribution >= 0.6 is 12.6 Å². The fourth-order valence-corrected chi connectivity index (χ4v) is 4.17. The van der Waals surface area contributed by atoms with Gasteiger partial charge in [0.15, 0.2) is 11.6 Å². The summed E-state index contributed by atoms with van der Waals surface area (Å²) in [4.78, 5) is 16.5. The van der Waals surface area contributed by atoms with Gasteiger partial charge in [0.1, 0.15) is 11.6 Å². The van der Waals surface area contributed by atoms with Crippen LogP contribution in [0.5, 0.6) is 0 Å². The molecular weight excluding hydrogens is 414 g/mol. The smallest absolute Gasteiger partial charge is 0.407 e. The summed E-state index contributed by atoms with van der Waals surface area (Å²) in [5.74, 6) is 1.67. The van der Waals surface area contributed by atoms with E-state index < -0.39 is 0 Å². The number of alkyl carbamates (subject to hydrolysis) is 1. The van der Waals surface area contributed by atoms with E-state index in [1.165, 1.54) is 0 Å². The van der Waals surface area contributed by atoms with E-state index in [-0.39, 0.29) is 28.9 Å². The molecule has 164 valence electrons. The van der Waals surface area contributed by atoms with Gasteiger partial charge in [-0.25, -0.2) is 14.3 Å². The fraction of sp³-hybridized carbons (Fsp3) is 0.524. The van der Waals surface area contributed by atoms with E-state index in [9.17, 15) is 4.79 Å². The third-order valence-electron chi connectivity index (χ3n) is 6.18. The van der Waals surface area contributed by atoms with Gasteiger partial charge in [-0.3, -0.25) is 5.10 Å². The van der Waals surface area contributed by atoms with E-state index in [1.54, 1.807) is 10.7 Å². The van der Waals surface area contributed by atoms with Crippen LogP contribution in [-0.4, -0.2) is 42.5 Å². The predicted molar refractivity (Wildman–Crippen MR) is 120 cm³/mol. The molecule has 2 aliphatic carbocycles. The molecule has 2 saturated carbocycles. The Hall–Kier alpha value is -2.75. The van der Waals surface area contributed by atoms with Gasteiger partial charge in [0, 0.05) is 40.9 Å². The highest BCUT2D eigenvalue weighted by Crippen LogP contribution is 2.37. The lowest BCUT2D eigenvalue weighted by Gasteiger charge is -2.16. The van der Waals surface area contributed by atoms with Gasteiger partial charge in [0.05, 0.1) is 5.69 Å². The maximum Gasteiger partial charge on any atom is 0.407 e. The van der Waals surface area contributed by atoms with Crippen molar-refractivity contribution in [3.05, 3.63) is 35.9 Å². The van der Waals surface area contributed by atoms with Crippen molar-refractivity contribution in [1.29, 1.82) is 0 Å². The maximum absolute atomic E-state index is 12.1. The molecule has 3 atom stereocenters. The van der Waals surface area contributed by atoms with Gasteiger partial charge in [-0.05, 0) is 52.0 Å². The summed E-state index contributed by atoms with van der Waals surface area (Å²) in [5.41, 5.74) is 2.73. The van der Waals surface area contributed by atoms with Crippen LogP contribution in [-0.2, 0) is 4.74 Å². The lowest BCUT2D eigenvalue weighted by Crippen LogP contribution is -2.36. The standard InChI is InChI=1S/C21H27N7O2S/c1-12(31)15-10-17-19(22-7-8-28(17)27-15)23-18-11-16(25-26-18)13-3-4-14(9-13)30-20(29)24-21(2)5-6-21/h7-8,10-14,31H,3-6,9H2,1-2H3,(H,24,29)(H2,22,23,25,26)/t12?,13-,14+/m0/s1. The van der Waals surface area contributed by atoms with Gasteiger partial charge < -0.3 is 15.4 Å². The molecule has 5 rings (SSSR count). The number of anilines is 2. The first-order valence-electron chi connectivity index (χ1n) is 10.7. The number of ether oxygens (including phenoxy) is 1. The van der Waals surface area contributed by atoms with Crippen molar-refractivity contribution >= 4 is 35.9 Å². The summed E-state index contributed by atoms with van der Waals surface area (Å²) in [7, 11) is 0. The molecule has 0 radical (unpaired) electrons. The second-order valence-electron chi connectivity index (χ2n) is 8.91. The first-order chi connectivity index (χ1) is 14.9. The van der Waals surface area contributed by atoms with E-state index in [4.69, 9.17) is 4.74 Å². The second kappa shape index (κ2) is 7.74. The van der Waals surface area contributed by atoms with Crippen molar-refractivity contribution in [2.75, 3.05) is 5.32 Å². The molecule has 0 bridgehead atoms. The van der Waals surface area contributed by atoms with Crippen LogP contribution < -0.4 is 10.6 Å². The zero-order valence-electron chi connectivity index (χ0n) is 17.6. The molecule has 0 aromatic carbocycles. The van der Waals surface area contributed by atoms with Crippen LogP contribution in [0.3, 0.4) is 0 Å². The molecule has 1 amide bonds. The lowest BCUT2D eigenvalue weighted by molar-refractivity contribution is 0.0967. The van der Waals surface area contributed by atoms with Gasteiger partial charge in [0.25, 0.3) is 0 Å².